The number of hydrogen-bond acceptors (Lipinski definition) is 6. The molecule has 28 heavy (non-hydrogen) atoms. The van der Waals surface area contributed by atoms with Gasteiger partial charge in [0.2, 0.25) is 5.91 Å². The van der Waals surface area contributed by atoms with E-state index in [4.69, 9.17) is 15.2 Å². The number of amides is 2. The molecule has 2 amide bonds. The maximum atomic E-state index is 12.6. The molecule has 0 spiro atoms. The second kappa shape index (κ2) is 8.37. The molecule has 0 aliphatic carbocycles. The third-order valence-corrected chi connectivity index (χ3v) is 4.70. The van der Waals surface area contributed by atoms with Gasteiger partial charge in [0.25, 0.3) is 5.91 Å². The second-order valence-electron chi connectivity index (χ2n) is 6.76. The van der Waals surface area contributed by atoms with Crippen molar-refractivity contribution in [2.75, 3.05) is 25.6 Å². The van der Waals surface area contributed by atoms with Gasteiger partial charge < -0.3 is 25.8 Å². The topological polar surface area (TPSA) is 116 Å². The molecule has 1 aliphatic rings. The Morgan fingerprint density at radius 2 is 1.96 bits per heavy atom. The van der Waals surface area contributed by atoms with E-state index in [-0.39, 0.29) is 17.5 Å². The van der Waals surface area contributed by atoms with Gasteiger partial charge in [-0.1, -0.05) is 6.07 Å². The second-order valence-corrected chi connectivity index (χ2v) is 6.76. The fourth-order valence-corrected chi connectivity index (χ4v) is 2.86. The van der Waals surface area contributed by atoms with E-state index in [1.165, 1.54) is 13.2 Å². The first-order valence-electron chi connectivity index (χ1n) is 9.06. The van der Waals surface area contributed by atoms with Crippen molar-refractivity contribution >= 4 is 17.5 Å². The van der Waals surface area contributed by atoms with Crippen LogP contribution in [0.5, 0.6) is 11.5 Å². The molecule has 3 rings (SSSR count). The molecular weight excluding hydrogens is 360 g/mol. The summed E-state index contributed by atoms with van der Waals surface area (Å²) in [4.78, 5) is 28.4. The fraction of sp³-hybridized carbons (Fsp3) is 0.350. The molecular formula is C20H24N4O4. The van der Waals surface area contributed by atoms with Crippen LogP contribution < -0.4 is 21.1 Å². The van der Waals surface area contributed by atoms with Crippen molar-refractivity contribution in [3.8, 4) is 11.5 Å². The van der Waals surface area contributed by atoms with Crippen LogP contribution >= 0.6 is 0 Å². The zero-order valence-corrected chi connectivity index (χ0v) is 16.0. The maximum Gasteiger partial charge on any atom is 0.269 e. The molecule has 1 aromatic carbocycles. The number of nitrogens with one attached hydrogen (secondary N) is 2. The van der Waals surface area contributed by atoms with Gasteiger partial charge in [-0.25, -0.2) is 0 Å². The summed E-state index contributed by atoms with van der Waals surface area (Å²) in [5.74, 6) is 0.495. The normalized spacial score (nSPS) is 15.5. The highest BCUT2D eigenvalue weighted by Gasteiger charge is 2.35. The molecule has 148 valence electrons. The Bertz CT molecular complexity index is 878. The highest BCUT2D eigenvalue weighted by Crippen LogP contribution is 2.29. The summed E-state index contributed by atoms with van der Waals surface area (Å²) in [5, 5.41) is 5.39. The van der Waals surface area contributed by atoms with Gasteiger partial charge in [-0.2, -0.15) is 0 Å². The number of nitrogens with two attached hydrogens (primary N) is 1. The SMILES string of the molecule is CNC(=O)c1cc(Oc2cc(NC(=O)C3(N)CCOCC3)ccc2C)ccn1. The van der Waals surface area contributed by atoms with Gasteiger partial charge in [0.05, 0.1) is 0 Å². The highest BCUT2D eigenvalue weighted by molar-refractivity contribution is 5.98. The number of benzene rings is 1. The molecule has 0 bridgehead atoms. The lowest BCUT2D eigenvalue weighted by Gasteiger charge is -2.31. The third kappa shape index (κ3) is 4.47. The molecule has 1 aromatic heterocycles. The van der Waals surface area contributed by atoms with Gasteiger partial charge in [0.15, 0.2) is 0 Å². The Morgan fingerprint density at radius 3 is 2.68 bits per heavy atom. The van der Waals surface area contributed by atoms with Crippen molar-refractivity contribution in [3.63, 3.8) is 0 Å². The summed E-state index contributed by atoms with van der Waals surface area (Å²) in [7, 11) is 1.54. The third-order valence-electron chi connectivity index (χ3n) is 4.70. The molecule has 0 radical (unpaired) electrons. The minimum atomic E-state index is -0.933. The fourth-order valence-electron chi connectivity index (χ4n) is 2.86. The number of aromatic nitrogens is 1. The van der Waals surface area contributed by atoms with E-state index >= 15 is 0 Å². The molecule has 2 aromatic rings. The highest BCUT2D eigenvalue weighted by atomic mass is 16.5. The first kappa shape index (κ1) is 19.8. The number of anilines is 1. The van der Waals surface area contributed by atoms with E-state index < -0.39 is 5.54 Å². The zero-order chi connectivity index (χ0) is 20.1. The van der Waals surface area contributed by atoms with Crippen LogP contribution in [-0.4, -0.2) is 42.6 Å². The molecule has 1 fully saturated rings. The lowest BCUT2D eigenvalue weighted by Crippen LogP contribution is -2.54. The van der Waals surface area contributed by atoms with Gasteiger partial charge in [-0.05, 0) is 37.5 Å². The van der Waals surface area contributed by atoms with Gasteiger partial charge in [0, 0.05) is 44.3 Å². The number of rotatable bonds is 5. The summed E-state index contributed by atoms with van der Waals surface area (Å²) in [6.45, 7) is 2.84. The van der Waals surface area contributed by atoms with Crippen LogP contribution in [0.4, 0.5) is 5.69 Å². The van der Waals surface area contributed by atoms with Gasteiger partial charge in [0.1, 0.15) is 22.7 Å². The summed E-state index contributed by atoms with van der Waals surface area (Å²) in [6, 6.07) is 8.59. The van der Waals surface area contributed by atoms with Gasteiger partial charge >= 0.3 is 0 Å². The Kier molecular flexibility index (Phi) is 5.91. The van der Waals surface area contributed by atoms with E-state index in [1.807, 2.05) is 13.0 Å². The van der Waals surface area contributed by atoms with E-state index in [2.05, 4.69) is 15.6 Å². The predicted octanol–water partition coefficient (Wildman–Crippen LogP) is 1.99. The standard InChI is InChI=1S/C20H24N4O4/c1-13-3-4-14(24-19(26)20(21)6-9-27-10-7-20)11-17(13)28-15-5-8-23-16(12-15)18(25)22-2/h3-5,8,11-12H,6-7,9-10,21H2,1-2H3,(H,22,25)(H,24,26). The van der Waals surface area contributed by atoms with Gasteiger partial charge in [-0.15, -0.1) is 0 Å². The monoisotopic (exact) mass is 384 g/mol. The average Bonchev–Trinajstić information content (AvgIpc) is 2.70. The number of pyridine rings is 1. The van der Waals surface area contributed by atoms with Crippen molar-refractivity contribution in [1.82, 2.24) is 10.3 Å². The molecule has 8 nitrogen and oxygen atoms in total. The van der Waals surface area contributed by atoms with Crippen LogP contribution in [0.1, 0.15) is 28.9 Å². The lowest BCUT2D eigenvalue weighted by molar-refractivity contribution is -0.124. The number of ether oxygens (including phenoxy) is 2. The number of aryl methyl sites for hydroxylation is 1. The van der Waals surface area contributed by atoms with Crippen LogP contribution in [0, 0.1) is 6.92 Å². The molecule has 1 saturated heterocycles. The summed E-state index contributed by atoms with van der Waals surface area (Å²) in [5.41, 5.74) is 7.02. The molecule has 8 heteroatoms. The largest absolute Gasteiger partial charge is 0.457 e. The van der Waals surface area contributed by atoms with Crippen LogP contribution in [0.25, 0.3) is 0 Å². The van der Waals surface area contributed by atoms with E-state index in [0.29, 0.717) is 43.2 Å². The minimum Gasteiger partial charge on any atom is -0.457 e. The summed E-state index contributed by atoms with van der Waals surface area (Å²) in [6.07, 6.45) is 2.46. The quantitative estimate of drug-likeness (QED) is 0.726. The van der Waals surface area contributed by atoms with Crippen LogP contribution in [0.3, 0.4) is 0 Å². The van der Waals surface area contributed by atoms with Gasteiger partial charge in [-0.3, -0.25) is 14.6 Å². The van der Waals surface area contributed by atoms with Crippen molar-refractivity contribution in [2.24, 2.45) is 5.73 Å². The zero-order valence-electron chi connectivity index (χ0n) is 16.0. The first-order chi connectivity index (χ1) is 13.4. The predicted molar refractivity (Wildman–Crippen MR) is 104 cm³/mol. The van der Waals surface area contributed by atoms with E-state index in [1.54, 1.807) is 24.3 Å². The molecule has 0 saturated carbocycles. The van der Waals surface area contributed by atoms with Crippen LogP contribution in [0.2, 0.25) is 0 Å². The number of nitrogens with zero attached hydrogens (tertiary/aromatic N) is 1. The summed E-state index contributed by atoms with van der Waals surface area (Å²) >= 11 is 0. The van der Waals surface area contributed by atoms with Crippen LogP contribution in [-0.2, 0) is 9.53 Å². The molecule has 0 atom stereocenters. The maximum absolute atomic E-state index is 12.6. The molecule has 0 unspecified atom stereocenters. The first-order valence-corrected chi connectivity index (χ1v) is 9.06. The number of carbonyl (C=O) groups is 2. The minimum absolute atomic E-state index is 0.239. The van der Waals surface area contributed by atoms with Crippen LogP contribution in [0.15, 0.2) is 36.5 Å². The van der Waals surface area contributed by atoms with Crippen molar-refractivity contribution in [3.05, 3.63) is 47.8 Å². The smallest absolute Gasteiger partial charge is 0.269 e. The number of carbonyl (C=O) groups excluding carboxylic acids is 2. The molecule has 4 N–H and O–H groups in total. The average molecular weight is 384 g/mol. The van der Waals surface area contributed by atoms with E-state index in [9.17, 15) is 9.59 Å². The molecule has 2 heterocycles. The number of hydrogen-bond donors (Lipinski definition) is 3. The molecule has 1 aliphatic heterocycles. The summed E-state index contributed by atoms with van der Waals surface area (Å²) < 4.78 is 11.2. The Morgan fingerprint density at radius 1 is 1.21 bits per heavy atom. The lowest BCUT2D eigenvalue weighted by atomic mass is 9.90. The van der Waals surface area contributed by atoms with Crippen molar-refractivity contribution < 1.29 is 19.1 Å². The van der Waals surface area contributed by atoms with Crippen molar-refractivity contribution in [2.45, 2.75) is 25.3 Å². The Labute approximate surface area is 163 Å². The van der Waals surface area contributed by atoms with E-state index in [0.717, 1.165) is 5.56 Å². The van der Waals surface area contributed by atoms with Crippen molar-refractivity contribution in [1.29, 1.82) is 0 Å². The Hall–Kier alpha value is -2.97. The Balaban J connectivity index is 1.76.